The maximum absolute atomic E-state index is 12.3. The van der Waals surface area contributed by atoms with E-state index in [0.29, 0.717) is 22.3 Å². The number of hydrogen-bond acceptors (Lipinski definition) is 2. The number of nitrogen functional groups attached to an aromatic ring is 1. The maximum Gasteiger partial charge on any atom is 0.252 e. The van der Waals surface area contributed by atoms with E-state index in [4.69, 9.17) is 5.73 Å². The number of amides is 1. The van der Waals surface area contributed by atoms with Crippen molar-refractivity contribution >= 4 is 27.5 Å². The van der Waals surface area contributed by atoms with E-state index >= 15 is 0 Å². The van der Waals surface area contributed by atoms with Crippen LogP contribution in [0.4, 0.5) is 5.69 Å². The van der Waals surface area contributed by atoms with Gasteiger partial charge in [-0.05, 0) is 33.6 Å². The van der Waals surface area contributed by atoms with E-state index in [1.165, 1.54) is 5.56 Å². The summed E-state index contributed by atoms with van der Waals surface area (Å²) in [6.45, 7) is 4.77. The van der Waals surface area contributed by atoms with Gasteiger partial charge in [0.15, 0.2) is 0 Å². The molecule has 3 N–H and O–H groups in total. The summed E-state index contributed by atoms with van der Waals surface area (Å²) in [4.78, 5) is 12.3. The molecule has 21 heavy (non-hydrogen) atoms. The highest BCUT2D eigenvalue weighted by atomic mass is 79.9. The van der Waals surface area contributed by atoms with Crippen molar-refractivity contribution in [3.05, 3.63) is 64.1 Å². The average molecular weight is 347 g/mol. The molecule has 0 spiro atoms. The molecule has 1 amide bonds. The molecule has 0 radical (unpaired) electrons. The van der Waals surface area contributed by atoms with Crippen molar-refractivity contribution in [2.75, 3.05) is 12.3 Å². The van der Waals surface area contributed by atoms with E-state index in [-0.39, 0.29) is 11.3 Å². The van der Waals surface area contributed by atoms with Crippen LogP contribution < -0.4 is 11.1 Å². The number of rotatable bonds is 4. The first kappa shape index (κ1) is 15.6. The summed E-state index contributed by atoms with van der Waals surface area (Å²) in [6, 6.07) is 15.4. The van der Waals surface area contributed by atoms with E-state index in [9.17, 15) is 4.79 Å². The molecule has 110 valence electrons. The van der Waals surface area contributed by atoms with Crippen LogP contribution in [0.15, 0.2) is 53.0 Å². The zero-order chi connectivity index (χ0) is 15.5. The van der Waals surface area contributed by atoms with E-state index in [1.54, 1.807) is 18.2 Å². The normalized spacial score (nSPS) is 11.2. The second kappa shape index (κ2) is 6.31. The Hall–Kier alpha value is -1.81. The SMILES string of the molecule is CC(C)(CNC(=O)c1cccc(N)c1Br)c1ccccc1. The second-order valence-electron chi connectivity index (χ2n) is 5.64. The van der Waals surface area contributed by atoms with E-state index in [0.717, 1.165) is 0 Å². The van der Waals surface area contributed by atoms with Crippen LogP contribution in [0.2, 0.25) is 0 Å². The van der Waals surface area contributed by atoms with Crippen LogP contribution in [0.5, 0.6) is 0 Å². The van der Waals surface area contributed by atoms with Crippen molar-refractivity contribution in [2.45, 2.75) is 19.3 Å². The number of anilines is 1. The number of nitrogens with two attached hydrogens (primary N) is 1. The number of nitrogens with one attached hydrogen (secondary N) is 1. The highest BCUT2D eigenvalue weighted by molar-refractivity contribution is 9.10. The van der Waals surface area contributed by atoms with Gasteiger partial charge in [-0.2, -0.15) is 0 Å². The lowest BCUT2D eigenvalue weighted by molar-refractivity contribution is 0.0945. The average Bonchev–Trinajstić information content (AvgIpc) is 2.49. The van der Waals surface area contributed by atoms with Gasteiger partial charge in [-0.15, -0.1) is 0 Å². The van der Waals surface area contributed by atoms with Gasteiger partial charge < -0.3 is 11.1 Å². The highest BCUT2D eigenvalue weighted by Crippen LogP contribution is 2.25. The first-order valence-electron chi connectivity index (χ1n) is 6.79. The van der Waals surface area contributed by atoms with Gasteiger partial charge in [0.1, 0.15) is 0 Å². The summed E-state index contributed by atoms with van der Waals surface area (Å²) in [5.41, 5.74) is 7.98. The molecule has 0 unspecified atom stereocenters. The standard InChI is InChI=1S/C17H19BrN2O/c1-17(2,12-7-4-3-5-8-12)11-20-16(21)13-9-6-10-14(19)15(13)18/h3-10H,11,19H2,1-2H3,(H,20,21). The zero-order valence-corrected chi connectivity index (χ0v) is 13.8. The Balaban J connectivity index is 2.09. The smallest absolute Gasteiger partial charge is 0.252 e. The third kappa shape index (κ3) is 3.64. The minimum absolute atomic E-state index is 0.127. The predicted molar refractivity (Wildman–Crippen MR) is 90.4 cm³/mol. The highest BCUT2D eigenvalue weighted by Gasteiger charge is 2.22. The minimum atomic E-state index is -0.135. The van der Waals surface area contributed by atoms with Gasteiger partial charge in [0.05, 0.1) is 10.0 Å². The molecule has 0 fully saturated rings. The molecule has 3 nitrogen and oxygen atoms in total. The number of carbonyl (C=O) groups is 1. The molecule has 2 aromatic rings. The molecule has 0 aliphatic heterocycles. The number of hydrogen-bond donors (Lipinski definition) is 2. The summed E-state index contributed by atoms with van der Waals surface area (Å²) in [5.74, 6) is -0.127. The van der Waals surface area contributed by atoms with E-state index in [2.05, 4.69) is 47.2 Å². The zero-order valence-electron chi connectivity index (χ0n) is 12.2. The van der Waals surface area contributed by atoms with Gasteiger partial charge in [0, 0.05) is 17.6 Å². The molecule has 2 rings (SSSR count). The van der Waals surface area contributed by atoms with Crippen molar-refractivity contribution in [3.8, 4) is 0 Å². The van der Waals surface area contributed by atoms with Gasteiger partial charge in [-0.1, -0.05) is 50.2 Å². The topological polar surface area (TPSA) is 55.1 Å². The third-order valence-electron chi connectivity index (χ3n) is 3.52. The van der Waals surface area contributed by atoms with Gasteiger partial charge in [-0.25, -0.2) is 0 Å². The fourth-order valence-electron chi connectivity index (χ4n) is 2.11. The summed E-state index contributed by atoms with van der Waals surface area (Å²) in [7, 11) is 0. The molecule has 0 atom stereocenters. The molecular weight excluding hydrogens is 328 g/mol. The van der Waals surface area contributed by atoms with E-state index in [1.807, 2.05) is 18.2 Å². The van der Waals surface area contributed by atoms with Crippen LogP contribution in [0.3, 0.4) is 0 Å². The number of halogens is 1. The lowest BCUT2D eigenvalue weighted by Gasteiger charge is -2.25. The first-order valence-corrected chi connectivity index (χ1v) is 7.59. The summed E-state index contributed by atoms with van der Waals surface area (Å²) >= 11 is 3.36. The Morgan fingerprint density at radius 2 is 1.81 bits per heavy atom. The number of benzene rings is 2. The molecule has 2 aromatic carbocycles. The molecule has 0 saturated heterocycles. The Morgan fingerprint density at radius 1 is 1.14 bits per heavy atom. The maximum atomic E-state index is 12.3. The Bertz CT molecular complexity index is 638. The molecular formula is C17H19BrN2O. The second-order valence-corrected chi connectivity index (χ2v) is 6.43. The van der Waals surface area contributed by atoms with E-state index < -0.39 is 0 Å². The minimum Gasteiger partial charge on any atom is -0.398 e. The summed E-state index contributed by atoms with van der Waals surface area (Å²) < 4.78 is 0.639. The van der Waals surface area contributed by atoms with Crippen molar-refractivity contribution < 1.29 is 4.79 Å². The van der Waals surface area contributed by atoms with Gasteiger partial charge in [-0.3, -0.25) is 4.79 Å². The molecule has 0 aromatic heterocycles. The van der Waals surface area contributed by atoms with Gasteiger partial charge >= 0.3 is 0 Å². The Labute approximate surface area is 133 Å². The predicted octanol–water partition coefficient (Wildman–Crippen LogP) is 3.74. The summed E-state index contributed by atoms with van der Waals surface area (Å²) in [5, 5.41) is 2.98. The quantitative estimate of drug-likeness (QED) is 0.828. The molecule has 0 aliphatic carbocycles. The lowest BCUT2D eigenvalue weighted by Crippen LogP contribution is -2.36. The monoisotopic (exact) mass is 346 g/mol. The van der Waals surface area contributed by atoms with Crippen LogP contribution in [-0.4, -0.2) is 12.5 Å². The largest absolute Gasteiger partial charge is 0.398 e. The lowest BCUT2D eigenvalue weighted by atomic mass is 9.84. The van der Waals surface area contributed by atoms with Crippen molar-refractivity contribution in [1.82, 2.24) is 5.32 Å². The fourth-order valence-corrected chi connectivity index (χ4v) is 2.56. The van der Waals surface area contributed by atoms with Crippen LogP contribution in [-0.2, 0) is 5.41 Å². The Morgan fingerprint density at radius 3 is 2.48 bits per heavy atom. The van der Waals surface area contributed by atoms with Crippen molar-refractivity contribution in [1.29, 1.82) is 0 Å². The van der Waals surface area contributed by atoms with Gasteiger partial charge in [0.2, 0.25) is 0 Å². The van der Waals surface area contributed by atoms with Crippen LogP contribution >= 0.6 is 15.9 Å². The molecule has 0 aliphatic rings. The number of carbonyl (C=O) groups excluding carboxylic acids is 1. The molecule has 4 heteroatoms. The molecule has 0 heterocycles. The van der Waals surface area contributed by atoms with Crippen molar-refractivity contribution in [2.24, 2.45) is 0 Å². The van der Waals surface area contributed by atoms with Crippen molar-refractivity contribution in [3.63, 3.8) is 0 Å². The van der Waals surface area contributed by atoms with Gasteiger partial charge in [0.25, 0.3) is 5.91 Å². The Kier molecular flexibility index (Phi) is 4.68. The summed E-state index contributed by atoms with van der Waals surface area (Å²) in [6.07, 6.45) is 0. The first-order chi connectivity index (χ1) is 9.92. The molecule has 0 saturated carbocycles. The van der Waals surface area contributed by atoms with Crippen LogP contribution in [0.1, 0.15) is 29.8 Å². The fraction of sp³-hybridized carbons (Fsp3) is 0.235. The molecule has 0 bridgehead atoms. The van der Waals surface area contributed by atoms with Crippen LogP contribution in [0.25, 0.3) is 0 Å². The third-order valence-corrected chi connectivity index (χ3v) is 4.40. The van der Waals surface area contributed by atoms with Crippen LogP contribution in [0, 0.1) is 0 Å².